The molecule has 0 spiro atoms. The molecule has 0 bridgehead atoms. The van der Waals surface area contributed by atoms with E-state index in [0.29, 0.717) is 11.3 Å². The molecular weight excluding hydrogens is 335 g/mol. The lowest BCUT2D eigenvalue weighted by molar-refractivity contribution is -0.115. The lowest BCUT2D eigenvalue weighted by Crippen LogP contribution is -2.15. The Morgan fingerprint density at radius 1 is 1.17 bits per heavy atom. The molecule has 2 N–H and O–H groups in total. The van der Waals surface area contributed by atoms with E-state index in [1.807, 2.05) is 0 Å². The molecule has 8 heteroatoms. The van der Waals surface area contributed by atoms with Gasteiger partial charge in [-0.1, -0.05) is 12.1 Å². The fourth-order valence-electron chi connectivity index (χ4n) is 2.05. The van der Waals surface area contributed by atoms with E-state index in [2.05, 4.69) is 10.0 Å². The highest BCUT2D eigenvalue weighted by Gasteiger charge is 2.11. The van der Waals surface area contributed by atoms with E-state index in [4.69, 9.17) is 4.74 Å². The summed E-state index contributed by atoms with van der Waals surface area (Å²) in [7, 11) is -2.04. The zero-order valence-corrected chi connectivity index (χ0v) is 14.0. The van der Waals surface area contributed by atoms with Crippen LogP contribution in [0.4, 0.5) is 15.8 Å². The Morgan fingerprint density at radius 3 is 2.42 bits per heavy atom. The molecule has 2 aromatic carbocycles. The quantitative estimate of drug-likeness (QED) is 0.836. The van der Waals surface area contributed by atoms with E-state index in [9.17, 15) is 17.6 Å². The third-order valence-corrected chi connectivity index (χ3v) is 3.65. The highest BCUT2D eigenvalue weighted by Crippen LogP contribution is 2.28. The van der Waals surface area contributed by atoms with Crippen molar-refractivity contribution in [2.45, 2.75) is 6.42 Å². The molecule has 0 atom stereocenters. The van der Waals surface area contributed by atoms with Crippen LogP contribution >= 0.6 is 0 Å². The van der Waals surface area contributed by atoms with Gasteiger partial charge in [-0.3, -0.25) is 9.52 Å². The molecule has 0 aliphatic rings. The van der Waals surface area contributed by atoms with Gasteiger partial charge in [-0.15, -0.1) is 0 Å². The summed E-state index contributed by atoms with van der Waals surface area (Å²) in [6, 6.07) is 10.2. The minimum Gasteiger partial charge on any atom is -0.494 e. The predicted octanol–water partition coefficient (Wildman–Crippen LogP) is 2.39. The summed E-state index contributed by atoms with van der Waals surface area (Å²) in [5.74, 6) is -0.370. The molecule has 6 nitrogen and oxygen atoms in total. The van der Waals surface area contributed by atoms with E-state index in [1.165, 1.54) is 43.5 Å². The number of hydrogen-bond donors (Lipinski definition) is 2. The summed E-state index contributed by atoms with van der Waals surface area (Å²) in [5.41, 5.74) is 1.41. The molecule has 2 rings (SSSR count). The van der Waals surface area contributed by atoms with E-state index >= 15 is 0 Å². The van der Waals surface area contributed by atoms with E-state index in [1.54, 1.807) is 6.07 Å². The van der Waals surface area contributed by atoms with Gasteiger partial charge in [0.2, 0.25) is 15.9 Å². The molecule has 0 aliphatic carbocycles. The van der Waals surface area contributed by atoms with Crippen molar-refractivity contribution < 1.29 is 22.3 Å². The molecule has 0 aliphatic heterocycles. The molecule has 1 amide bonds. The highest BCUT2D eigenvalue weighted by molar-refractivity contribution is 7.92. The zero-order valence-electron chi connectivity index (χ0n) is 13.2. The Hall–Kier alpha value is -2.61. The number of amides is 1. The van der Waals surface area contributed by atoms with Gasteiger partial charge in [-0.25, -0.2) is 12.8 Å². The van der Waals surface area contributed by atoms with Crippen molar-refractivity contribution in [1.29, 1.82) is 0 Å². The van der Waals surface area contributed by atoms with Gasteiger partial charge in [0.1, 0.15) is 11.6 Å². The Balaban J connectivity index is 2.09. The van der Waals surface area contributed by atoms with Gasteiger partial charge in [0, 0.05) is 11.8 Å². The second-order valence-electron chi connectivity index (χ2n) is 5.14. The van der Waals surface area contributed by atoms with E-state index in [0.717, 1.165) is 6.26 Å². The summed E-state index contributed by atoms with van der Waals surface area (Å²) in [6.07, 6.45) is 1.12. The van der Waals surface area contributed by atoms with Crippen molar-refractivity contribution in [1.82, 2.24) is 0 Å². The topological polar surface area (TPSA) is 84.5 Å². The largest absolute Gasteiger partial charge is 0.494 e. The van der Waals surface area contributed by atoms with E-state index < -0.39 is 10.0 Å². The van der Waals surface area contributed by atoms with Crippen molar-refractivity contribution >= 4 is 27.3 Å². The summed E-state index contributed by atoms with van der Waals surface area (Å²) >= 11 is 0. The van der Waals surface area contributed by atoms with Gasteiger partial charge in [0.05, 0.1) is 25.5 Å². The number of rotatable bonds is 6. The smallest absolute Gasteiger partial charge is 0.229 e. The van der Waals surface area contributed by atoms with Crippen LogP contribution in [0.2, 0.25) is 0 Å². The van der Waals surface area contributed by atoms with Gasteiger partial charge in [0.15, 0.2) is 0 Å². The fourth-order valence-corrected chi connectivity index (χ4v) is 2.61. The third-order valence-electron chi connectivity index (χ3n) is 3.06. The number of sulfonamides is 1. The molecule has 0 unspecified atom stereocenters. The van der Waals surface area contributed by atoms with Crippen LogP contribution in [0.5, 0.6) is 5.75 Å². The number of methoxy groups -OCH3 is 1. The van der Waals surface area contributed by atoms with Crippen LogP contribution in [0.15, 0.2) is 42.5 Å². The highest BCUT2D eigenvalue weighted by atomic mass is 32.2. The van der Waals surface area contributed by atoms with Gasteiger partial charge in [0.25, 0.3) is 0 Å². The van der Waals surface area contributed by atoms with Crippen LogP contribution in [0, 0.1) is 5.82 Å². The van der Waals surface area contributed by atoms with Crippen LogP contribution in [0.1, 0.15) is 5.56 Å². The second kappa shape index (κ2) is 7.31. The second-order valence-corrected chi connectivity index (χ2v) is 6.89. The van der Waals surface area contributed by atoms with Crippen LogP contribution in [-0.2, 0) is 21.2 Å². The van der Waals surface area contributed by atoms with Crippen LogP contribution in [0.3, 0.4) is 0 Å². The lowest BCUT2D eigenvalue weighted by atomic mass is 10.1. The molecule has 128 valence electrons. The molecule has 2 aromatic rings. The van der Waals surface area contributed by atoms with Gasteiger partial charge in [-0.2, -0.15) is 0 Å². The van der Waals surface area contributed by atoms with Crippen molar-refractivity contribution in [3.8, 4) is 5.75 Å². The number of anilines is 2. The molecule has 0 heterocycles. The number of carbonyl (C=O) groups is 1. The van der Waals surface area contributed by atoms with Crippen LogP contribution in [0.25, 0.3) is 0 Å². The molecule has 0 radical (unpaired) electrons. The first-order chi connectivity index (χ1) is 11.3. The number of ether oxygens (including phenoxy) is 1. The first kappa shape index (κ1) is 17.7. The average Bonchev–Trinajstić information content (AvgIpc) is 2.49. The third kappa shape index (κ3) is 5.24. The molecule has 0 aromatic heterocycles. The number of halogens is 1. The standard InChI is InChI=1S/C16H17FN2O4S/c1-23-15-10-13(7-8-14(15)19-24(2,21)22)18-16(20)9-11-3-5-12(17)6-4-11/h3-8,10,19H,9H2,1-2H3,(H,18,20). The minimum absolute atomic E-state index is 0.0892. The van der Waals surface area contributed by atoms with Crippen molar-refractivity contribution in [3.63, 3.8) is 0 Å². The maximum atomic E-state index is 12.8. The first-order valence-electron chi connectivity index (χ1n) is 6.97. The molecule has 0 saturated heterocycles. The summed E-state index contributed by atoms with van der Waals surface area (Å²) < 4.78 is 42.9. The molecule has 0 fully saturated rings. The molecule has 24 heavy (non-hydrogen) atoms. The van der Waals surface area contributed by atoms with Crippen LogP contribution < -0.4 is 14.8 Å². The number of nitrogens with one attached hydrogen (secondary N) is 2. The van der Waals surface area contributed by atoms with E-state index in [-0.39, 0.29) is 29.6 Å². The summed E-state index contributed by atoms with van der Waals surface area (Å²) in [4.78, 5) is 12.0. The monoisotopic (exact) mass is 352 g/mol. The van der Waals surface area contributed by atoms with Crippen LogP contribution in [-0.4, -0.2) is 27.7 Å². The molecule has 0 saturated carbocycles. The minimum atomic E-state index is -3.44. The van der Waals surface area contributed by atoms with Crippen molar-refractivity contribution in [3.05, 3.63) is 53.8 Å². The Bertz CT molecular complexity index is 836. The Kier molecular flexibility index (Phi) is 5.40. The molecular formula is C16H17FN2O4S. The predicted molar refractivity (Wildman–Crippen MR) is 90.2 cm³/mol. The average molecular weight is 352 g/mol. The number of hydrogen-bond acceptors (Lipinski definition) is 4. The fraction of sp³-hybridized carbons (Fsp3) is 0.188. The maximum Gasteiger partial charge on any atom is 0.229 e. The SMILES string of the molecule is COc1cc(NC(=O)Cc2ccc(F)cc2)ccc1NS(C)(=O)=O. The lowest BCUT2D eigenvalue weighted by Gasteiger charge is -2.12. The maximum absolute atomic E-state index is 12.8. The zero-order chi connectivity index (χ0) is 17.7. The number of benzene rings is 2. The van der Waals surface area contributed by atoms with Gasteiger partial charge < -0.3 is 10.1 Å². The normalized spacial score (nSPS) is 11.0. The van der Waals surface area contributed by atoms with Gasteiger partial charge in [-0.05, 0) is 29.8 Å². The Labute approximate surface area is 139 Å². The summed E-state index contributed by atoms with van der Waals surface area (Å²) in [6.45, 7) is 0. The first-order valence-corrected chi connectivity index (χ1v) is 8.86. The summed E-state index contributed by atoms with van der Waals surface area (Å²) in [5, 5.41) is 2.68. The van der Waals surface area contributed by atoms with Crippen molar-refractivity contribution in [2.75, 3.05) is 23.4 Å². The number of carbonyl (C=O) groups excluding carboxylic acids is 1. The van der Waals surface area contributed by atoms with Gasteiger partial charge >= 0.3 is 0 Å². The Morgan fingerprint density at radius 2 is 1.83 bits per heavy atom. The van der Waals surface area contributed by atoms with Crippen molar-refractivity contribution in [2.24, 2.45) is 0 Å².